The number of hydrogen-bond donors (Lipinski definition) is 3. The predicted octanol–water partition coefficient (Wildman–Crippen LogP) is 3.72. The Morgan fingerprint density at radius 2 is 1.62 bits per heavy atom. The largest absolute Gasteiger partial charge is 0.508 e. The van der Waals surface area contributed by atoms with Crippen LogP contribution in [0.2, 0.25) is 0 Å². The van der Waals surface area contributed by atoms with Gasteiger partial charge in [-0.15, -0.1) is 0 Å². The van der Waals surface area contributed by atoms with Crippen LogP contribution in [0.25, 0.3) is 0 Å². The molecule has 0 radical (unpaired) electrons. The van der Waals surface area contributed by atoms with Crippen molar-refractivity contribution < 1.29 is 19.7 Å². The minimum atomic E-state index is -0.981. The Morgan fingerprint density at radius 3 is 2.17 bits per heavy atom. The second-order valence-electron chi connectivity index (χ2n) is 6.24. The Kier molecular flexibility index (Phi) is 4.60. The van der Waals surface area contributed by atoms with Crippen LogP contribution in [-0.2, 0) is 0 Å². The summed E-state index contributed by atoms with van der Waals surface area (Å²) in [7, 11) is 0. The highest BCUT2D eigenvalue weighted by Crippen LogP contribution is 2.29. The van der Waals surface area contributed by atoms with Crippen LogP contribution >= 0.6 is 0 Å². The van der Waals surface area contributed by atoms with Gasteiger partial charge in [0.1, 0.15) is 17.6 Å². The molecule has 1 atom stereocenters. The summed E-state index contributed by atoms with van der Waals surface area (Å²) in [5.74, 6) is 1.30. The number of amides is 1. The molecule has 0 bridgehead atoms. The number of rotatable bonds is 5. The van der Waals surface area contributed by atoms with Gasteiger partial charge in [-0.3, -0.25) is 0 Å². The summed E-state index contributed by atoms with van der Waals surface area (Å²) in [6.07, 6.45) is 0.504. The number of aromatic hydroxyl groups is 1. The van der Waals surface area contributed by atoms with Crippen LogP contribution in [0, 0.1) is 0 Å². The van der Waals surface area contributed by atoms with Crippen molar-refractivity contribution in [3.63, 3.8) is 0 Å². The maximum absolute atomic E-state index is 10.5. The van der Waals surface area contributed by atoms with Crippen LogP contribution in [0.3, 0.4) is 0 Å². The van der Waals surface area contributed by atoms with E-state index in [9.17, 15) is 9.90 Å². The molecule has 5 nitrogen and oxygen atoms in total. The van der Waals surface area contributed by atoms with Crippen molar-refractivity contribution in [1.29, 1.82) is 0 Å². The summed E-state index contributed by atoms with van der Waals surface area (Å²) >= 11 is 0. The van der Waals surface area contributed by atoms with Crippen LogP contribution in [-0.4, -0.2) is 28.5 Å². The molecule has 1 aliphatic carbocycles. The average Bonchev–Trinajstić information content (AvgIpc) is 2.53. The van der Waals surface area contributed by atoms with Gasteiger partial charge in [0.2, 0.25) is 0 Å². The topological polar surface area (TPSA) is 78.8 Å². The molecule has 126 valence electrons. The van der Waals surface area contributed by atoms with E-state index in [1.807, 2.05) is 36.4 Å². The Balaban J connectivity index is 1.56. The molecule has 3 rings (SSSR count). The number of phenolic OH excluding ortho intramolecular Hbond substituents is 1. The molecule has 24 heavy (non-hydrogen) atoms. The molecule has 5 heteroatoms. The number of carboxylic acid groups (broad SMARTS) is 1. The van der Waals surface area contributed by atoms with E-state index >= 15 is 0 Å². The van der Waals surface area contributed by atoms with Crippen molar-refractivity contribution in [3.8, 4) is 11.5 Å². The van der Waals surface area contributed by atoms with Gasteiger partial charge >= 0.3 is 6.09 Å². The van der Waals surface area contributed by atoms with Gasteiger partial charge in [0.05, 0.1) is 0 Å². The monoisotopic (exact) mass is 327 g/mol. The fourth-order valence-electron chi connectivity index (χ4n) is 2.94. The third-order valence-corrected chi connectivity index (χ3v) is 4.50. The van der Waals surface area contributed by atoms with Crippen molar-refractivity contribution >= 4 is 6.09 Å². The molecular weight excluding hydrogens is 306 g/mol. The molecule has 2 aromatic rings. The molecule has 0 aromatic heterocycles. The summed E-state index contributed by atoms with van der Waals surface area (Å²) in [6, 6.07) is 15.2. The number of phenols is 1. The molecule has 2 aromatic carbocycles. The lowest BCUT2D eigenvalue weighted by atomic mass is 9.89. The summed E-state index contributed by atoms with van der Waals surface area (Å²) in [5.41, 5.74) is 2.31. The van der Waals surface area contributed by atoms with Gasteiger partial charge < -0.3 is 20.3 Å². The van der Waals surface area contributed by atoms with Crippen LogP contribution < -0.4 is 10.1 Å². The Labute approximate surface area is 140 Å². The first-order chi connectivity index (χ1) is 11.5. The van der Waals surface area contributed by atoms with Gasteiger partial charge in [0, 0.05) is 24.8 Å². The highest BCUT2D eigenvalue weighted by molar-refractivity contribution is 5.65. The van der Waals surface area contributed by atoms with Gasteiger partial charge in [0.15, 0.2) is 0 Å². The molecule has 1 aliphatic rings. The molecular formula is C19H21NO4. The smallest absolute Gasteiger partial charge is 0.404 e. The molecule has 0 aliphatic heterocycles. The predicted molar refractivity (Wildman–Crippen MR) is 90.7 cm³/mol. The number of hydrogen-bond acceptors (Lipinski definition) is 3. The summed E-state index contributed by atoms with van der Waals surface area (Å²) in [6.45, 7) is 2.12. The van der Waals surface area contributed by atoms with Gasteiger partial charge in [-0.2, -0.15) is 0 Å². The average molecular weight is 327 g/mol. The minimum Gasteiger partial charge on any atom is -0.508 e. The van der Waals surface area contributed by atoms with E-state index in [1.54, 1.807) is 12.1 Å². The van der Waals surface area contributed by atoms with E-state index in [4.69, 9.17) is 9.84 Å². The van der Waals surface area contributed by atoms with Gasteiger partial charge in [-0.25, -0.2) is 4.79 Å². The summed E-state index contributed by atoms with van der Waals surface area (Å²) in [4.78, 5) is 10.5. The highest BCUT2D eigenvalue weighted by atomic mass is 16.5. The second kappa shape index (κ2) is 6.83. The third-order valence-electron chi connectivity index (χ3n) is 4.50. The molecule has 1 unspecified atom stereocenters. The molecule has 0 spiro atoms. The molecule has 1 amide bonds. The maximum Gasteiger partial charge on any atom is 0.404 e. The standard InChI is InChI=1S/C19H21NO4/c1-12(13-2-6-16(21)7-3-13)14-4-8-17(9-5-14)24-18-10-15(11-18)20-19(22)23/h2-9,12,15,18,20-21H,10-11H2,1H3,(H,22,23)/t12?,15-,18-. The Morgan fingerprint density at radius 1 is 1.08 bits per heavy atom. The number of benzene rings is 2. The first-order valence-electron chi connectivity index (χ1n) is 8.06. The van der Waals surface area contributed by atoms with E-state index in [2.05, 4.69) is 12.2 Å². The lowest BCUT2D eigenvalue weighted by molar-refractivity contribution is 0.0834. The zero-order chi connectivity index (χ0) is 17.1. The van der Waals surface area contributed by atoms with Gasteiger partial charge in [-0.05, 0) is 35.4 Å². The minimum absolute atomic E-state index is 0.00120. The van der Waals surface area contributed by atoms with Crippen molar-refractivity contribution in [1.82, 2.24) is 5.32 Å². The fraction of sp³-hybridized carbons (Fsp3) is 0.316. The number of nitrogens with one attached hydrogen (secondary N) is 1. The number of ether oxygens (including phenoxy) is 1. The second-order valence-corrected chi connectivity index (χ2v) is 6.24. The van der Waals surface area contributed by atoms with Crippen molar-refractivity contribution in [2.24, 2.45) is 0 Å². The van der Waals surface area contributed by atoms with E-state index in [0.717, 1.165) is 11.3 Å². The van der Waals surface area contributed by atoms with Crippen LogP contribution in [0.4, 0.5) is 4.79 Å². The van der Waals surface area contributed by atoms with E-state index in [0.29, 0.717) is 12.8 Å². The maximum atomic E-state index is 10.5. The van der Waals surface area contributed by atoms with Crippen LogP contribution in [0.15, 0.2) is 48.5 Å². The quantitative estimate of drug-likeness (QED) is 0.782. The summed E-state index contributed by atoms with van der Waals surface area (Å²) < 4.78 is 5.85. The van der Waals surface area contributed by atoms with Crippen molar-refractivity contribution in [2.75, 3.05) is 0 Å². The molecule has 1 fully saturated rings. The lowest BCUT2D eigenvalue weighted by Crippen LogP contribution is -2.48. The summed E-state index contributed by atoms with van der Waals surface area (Å²) in [5, 5.41) is 20.5. The van der Waals surface area contributed by atoms with E-state index in [1.165, 1.54) is 5.56 Å². The molecule has 0 heterocycles. The molecule has 3 N–H and O–H groups in total. The van der Waals surface area contributed by atoms with Gasteiger partial charge in [0.25, 0.3) is 0 Å². The van der Waals surface area contributed by atoms with Crippen molar-refractivity contribution in [3.05, 3.63) is 59.7 Å². The van der Waals surface area contributed by atoms with Crippen LogP contribution in [0.5, 0.6) is 11.5 Å². The fourth-order valence-corrected chi connectivity index (χ4v) is 2.94. The first kappa shape index (κ1) is 16.2. The van der Waals surface area contributed by atoms with Gasteiger partial charge in [-0.1, -0.05) is 31.2 Å². The zero-order valence-corrected chi connectivity index (χ0v) is 13.5. The highest BCUT2D eigenvalue weighted by Gasteiger charge is 2.31. The third kappa shape index (κ3) is 3.79. The van der Waals surface area contributed by atoms with Crippen molar-refractivity contribution in [2.45, 2.75) is 37.8 Å². The Hall–Kier alpha value is -2.69. The first-order valence-corrected chi connectivity index (χ1v) is 8.06. The molecule has 1 saturated carbocycles. The molecule has 0 saturated heterocycles. The Bertz CT molecular complexity index is 690. The normalized spacial score (nSPS) is 20.7. The van der Waals surface area contributed by atoms with E-state index < -0.39 is 6.09 Å². The SMILES string of the molecule is CC(c1ccc(O)cc1)c1ccc(O[C@H]2C[C@H](NC(=O)O)C2)cc1. The van der Waals surface area contributed by atoms with E-state index in [-0.39, 0.29) is 23.8 Å². The van der Waals surface area contributed by atoms with Crippen LogP contribution in [0.1, 0.15) is 36.8 Å². The lowest BCUT2D eigenvalue weighted by Gasteiger charge is -2.35. The zero-order valence-electron chi connectivity index (χ0n) is 13.5. The number of carbonyl (C=O) groups is 1.